The van der Waals surface area contributed by atoms with E-state index in [1.807, 2.05) is 11.8 Å². The van der Waals surface area contributed by atoms with E-state index >= 15 is 0 Å². The number of likely N-dealkylation sites (tertiary alicyclic amines) is 1. The summed E-state index contributed by atoms with van der Waals surface area (Å²) in [5.74, 6) is -1.09. The summed E-state index contributed by atoms with van der Waals surface area (Å²) in [5.41, 5.74) is 1.53. The molecule has 3 rings (SSSR count). The van der Waals surface area contributed by atoms with Crippen LogP contribution in [-0.4, -0.2) is 71.7 Å². The lowest BCUT2D eigenvalue weighted by Crippen LogP contribution is -2.49. The van der Waals surface area contributed by atoms with Gasteiger partial charge in [0.2, 0.25) is 5.91 Å². The number of nitrogens with zero attached hydrogens (tertiary/aromatic N) is 2. The second kappa shape index (κ2) is 7.56. The highest BCUT2D eigenvalue weighted by Crippen LogP contribution is 2.32. The van der Waals surface area contributed by atoms with E-state index in [4.69, 9.17) is 9.84 Å². The molecule has 0 aliphatic carbocycles. The van der Waals surface area contributed by atoms with Crippen molar-refractivity contribution in [1.82, 2.24) is 15.1 Å². The molecule has 0 bridgehead atoms. The summed E-state index contributed by atoms with van der Waals surface area (Å²) >= 11 is 0. The highest BCUT2D eigenvalue weighted by atomic mass is 16.6. The zero-order valence-electron chi connectivity index (χ0n) is 15.7. The fourth-order valence-corrected chi connectivity index (χ4v) is 3.62. The lowest BCUT2D eigenvalue weighted by Gasteiger charge is -2.36. The van der Waals surface area contributed by atoms with Gasteiger partial charge in [0.05, 0.1) is 18.7 Å². The van der Waals surface area contributed by atoms with E-state index in [0.717, 1.165) is 24.0 Å². The number of carboxylic acid groups (broad SMARTS) is 1. The van der Waals surface area contributed by atoms with Gasteiger partial charge in [-0.3, -0.25) is 9.69 Å². The van der Waals surface area contributed by atoms with Crippen LogP contribution in [0.5, 0.6) is 0 Å². The molecule has 0 atom stereocenters. The third-order valence-electron chi connectivity index (χ3n) is 5.35. The van der Waals surface area contributed by atoms with Gasteiger partial charge in [0.15, 0.2) is 0 Å². The molecule has 2 heterocycles. The van der Waals surface area contributed by atoms with E-state index in [9.17, 15) is 14.4 Å². The molecule has 8 nitrogen and oxygen atoms in total. The molecule has 1 spiro atoms. The van der Waals surface area contributed by atoms with Crippen LogP contribution in [0, 0.1) is 6.92 Å². The molecular weight excluding hydrogens is 350 g/mol. The van der Waals surface area contributed by atoms with Gasteiger partial charge in [0.25, 0.3) is 0 Å². The van der Waals surface area contributed by atoms with Crippen molar-refractivity contribution in [2.45, 2.75) is 31.9 Å². The first-order valence-corrected chi connectivity index (χ1v) is 9.04. The number of carboxylic acids is 1. The molecule has 1 aromatic carbocycles. The minimum atomic E-state index is -0.983. The van der Waals surface area contributed by atoms with E-state index in [-0.39, 0.29) is 24.1 Å². The Morgan fingerprint density at radius 3 is 2.59 bits per heavy atom. The minimum absolute atomic E-state index is 0.105. The fourth-order valence-electron chi connectivity index (χ4n) is 3.62. The van der Waals surface area contributed by atoms with Gasteiger partial charge in [-0.05, 0) is 30.2 Å². The normalized spacial score (nSPS) is 19.2. The number of piperidine rings is 1. The van der Waals surface area contributed by atoms with Crippen LogP contribution in [0.1, 0.15) is 34.3 Å². The summed E-state index contributed by atoms with van der Waals surface area (Å²) in [7, 11) is 1.73. The number of rotatable bonds is 5. The van der Waals surface area contributed by atoms with Gasteiger partial charge in [-0.15, -0.1) is 0 Å². The Bertz CT molecular complexity index is 756. The number of carbonyl (C=O) groups excluding carboxylic acids is 2. The maximum Gasteiger partial charge on any atom is 0.410 e. The molecule has 0 saturated carbocycles. The van der Waals surface area contributed by atoms with E-state index < -0.39 is 11.6 Å². The Morgan fingerprint density at radius 2 is 2.00 bits per heavy atom. The topological polar surface area (TPSA) is 99.2 Å². The van der Waals surface area contributed by atoms with Crippen molar-refractivity contribution in [2.75, 3.05) is 33.2 Å². The molecule has 0 radical (unpaired) electrons. The highest BCUT2D eigenvalue weighted by molar-refractivity contribution is 5.88. The number of ether oxygens (including phenoxy) is 1. The third-order valence-corrected chi connectivity index (χ3v) is 5.35. The zero-order chi connectivity index (χ0) is 19.6. The lowest BCUT2D eigenvalue weighted by atomic mass is 9.91. The number of hydrogen-bond acceptors (Lipinski definition) is 5. The van der Waals surface area contributed by atoms with Crippen LogP contribution >= 0.6 is 0 Å². The summed E-state index contributed by atoms with van der Waals surface area (Å²) in [6, 6.07) is 4.89. The number of amides is 2. The van der Waals surface area contributed by atoms with Crippen molar-refractivity contribution in [3.63, 3.8) is 0 Å². The van der Waals surface area contributed by atoms with Crippen molar-refractivity contribution in [3.05, 3.63) is 34.9 Å². The third kappa shape index (κ3) is 4.39. The van der Waals surface area contributed by atoms with E-state index in [1.165, 1.54) is 0 Å². The van der Waals surface area contributed by atoms with Crippen molar-refractivity contribution >= 4 is 18.0 Å². The van der Waals surface area contributed by atoms with Crippen LogP contribution in [0.25, 0.3) is 0 Å². The van der Waals surface area contributed by atoms with Crippen LogP contribution < -0.4 is 5.32 Å². The minimum Gasteiger partial charge on any atom is -0.478 e. The van der Waals surface area contributed by atoms with Crippen LogP contribution in [0.4, 0.5) is 4.79 Å². The predicted octanol–water partition coefficient (Wildman–Crippen LogP) is 1.23. The summed E-state index contributed by atoms with van der Waals surface area (Å²) in [5, 5.41) is 11.9. The summed E-state index contributed by atoms with van der Waals surface area (Å²) in [4.78, 5) is 38.6. The van der Waals surface area contributed by atoms with Crippen LogP contribution in [0.15, 0.2) is 18.2 Å². The SMILES string of the molecule is Cc1ccc(C(=O)O)cc1CNC(=O)CN1CCC2(CC1)CN(C)C(=O)O2. The molecule has 1 aromatic rings. The van der Waals surface area contributed by atoms with Gasteiger partial charge >= 0.3 is 12.1 Å². The van der Waals surface area contributed by atoms with Crippen molar-refractivity contribution in [3.8, 4) is 0 Å². The number of hydrogen-bond donors (Lipinski definition) is 2. The Morgan fingerprint density at radius 1 is 1.30 bits per heavy atom. The van der Waals surface area contributed by atoms with Crippen molar-refractivity contribution in [2.24, 2.45) is 0 Å². The molecule has 146 valence electrons. The predicted molar refractivity (Wildman–Crippen MR) is 97.5 cm³/mol. The smallest absolute Gasteiger partial charge is 0.410 e. The number of aryl methyl sites for hydroxylation is 1. The van der Waals surface area contributed by atoms with E-state index in [2.05, 4.69) is 5.32 Å². The second-order valence-electron chi connectivity index (χ2n) is 7.41. The number of carbonyl (C=O) groups is 3. The quantitative estimate of drug-likeness (QED) is 0.803. The first-order valence-electron chi connectivity index (χ1n) is 9.04. The first kappa shape index (κ1) is 19.2. The number of likely N-dealkylation sites (N-methyl/N-ethyl adjacent to an activating group) is 1. The molecule has 0 aromatic heterocycles. The maximum absolute atomic E-state index is 12.3. The molecule has 2 aliphatic heterocycles. The number of benzene rings is 1. The molecule has 2 aliphatic rings. The lowest BCUT2D eigenvalue weighted by molar-refractivity contribution is -0.123. The molecule has 2 amide bonds. The fraction of sp³-hybridized carbons (Fsp3) is 0.526. The largest absolute Gasteiger partial charge is 0.478 e. The van der Waals surface area contributed by atoms with E-state index in [0.29, 0.717) is 26.2 Å². The van der Waals surface area contributed by atoms with Gasteiger partial charge in [-0.2, -0.15) is 0 Å². The molecule has 0 unspecified atom stereocenters. The molecule has 2 fully saturated rings. The van der Waals surface area contributed by atoms with Crippen LogP contribution in [0.2, 0.25) is 0 Å². The average molecular weight is 375 g/mol. The summed E-state index contributed by atoms with van der Waals surface area (Å²) in [6.07, 6.45) is 1.16. The van der Waals surface area contributed by atoms with E-state index in [1.54, 1.807) is 30.1 Å². The summed E-state index contributed by atoms with van der Waals surface area (Å²) in [6.45, 7) is 4.45. The van der Waals surface area contributed by atoms with Crippen molar-refractivity contribution in [1.29, 1.82) is 0 Å². The monoisotopic (exact) mass is 375 g/mol. The number of aromatic carboxylic acids is 1. The van der Waals surface area contributed by atoms with Gasteiger partial charge in [-0.1, -0.05) is 6.07 Å². The summed E-state index contributed by atoms with van der Waals surface area (Å²) < 4.78 is 5.52. The molecule has 27 heavy (non-hydrogen) atoms. The number of nitrogens with one attached hydrogen (secondary N) is 1. The highest BCUT2D eigenvalue weighted by Gasteiger charge is 2.45. The molecule has 8 heteroatoms. The molecular formula is C19H25N3O5. The van der Waals surface area contributed by atoms with Gasteiger partial charge in [0.1, 0.15) is 5.60 Å². The standard InChI is InChI=1S/C19H25N3O5/c1-13-3-4-14(17(24)25)9-15(13)10-20-16(23)11-22-7-5-19(6-8-22)12-21(2)18(26)27-19/h3-4,9H,5-8,10-12H2,1-2H3,(H,20,23)(H,24,25). The molecule has 2 N–H and O–H groups in total. The Hall–Kier alpha value is -2.61. The first-order chi connectivity index (χ1) is 12.8. The Kier molecular flexibility index (Phi) is 5.36. The van der Waals surface area contributed by atoms with Crippen molar-refractivity contribution < 1.29 is 24.2 Å². The Labute approximate surface area is 158 Å². The maximum atomic E-state index is 12.3. The van der Waals surface area contributed by atoms with Gasteiger partial charge in [0, 0.05) is 39.5 Å². The molecule has 2 saturated heterocycles. The van der Waals surface area contributed by atoms with Gasteiger partial charge in [-0.25, -0.2) is 9.59 Å². The van der Waals surface area contributed by atoms with Gasteiger partial charge < -0.3 is 20.1 Å². The Balaban J connectivity index is 1.48. The van der Waals surface area contributed by atoms with Crippen LogP contribution in [0.3, 0.4) is 0 Å². The zero-order valence-corrected chi connectivity index (χ0v) is 15.7. The van der Waals surface area contributed by atoms with Crippen LogP contribution in [-0.2, 0) is 16.1 Å². The average Bonchev–Trinajstić information content (AvgIpc) is 2.90. The second-order valence-corrected chi connectivity index (χ2v) is 7.41.